The first kappa shape index (κ1) is 15.7. The maximum absolute atomic E-state index is 12.5. The summed E-state index contributed by atoms with van der Waals surface area (Å²) in [4.78, 5) is 14.0. The Balaban J connectivity index is 2.30. The Kier molecular flexibility index (Phi) is 5.12. The average molecular weight is 298 g/mol. The van der Waals surface area contributed by atoms with Gasteiger partial charge >= 0.3 is 6.61 Å². The van der Waals surface area contributed by atoms with E-state index in [4.69, 9.17) is 0 Å². The molecule has 1 aliphatic rings. The van der Waals surface area contributed by atoms with Crippen LogP contribution in [0.2, 0.25) is 0 Å². The van der Waals surface area contributed by atoms with E-state index in [1.165, 1.54) is 6.07 Å². The molecule has 0 bridgehead atoms. The van der Waals surface area contributed by atoms with Crippen LogP contribution in [0.3, 0.4) is 0 Å². The number of carbonyl (C=O) groups excluding carboxylic acids is 1. The number of carbonyl (C=O) groups is 1. The van der Waals surface area contributed by atoms with Crippen LogP contribution in [-0.4, -0.2) is 30.0 Å². The number of halogens is 2. The van der Waals surface area contributed by atoms with E-state index in [9.17, 15) is 13.6 Å². The Bertz CT molecular complexity index is 496. The van der Waals surface area contributed by atoms with Crippen LogP contribution in [0.1, 0.15) is 38.4 Å². The highest BCUT2D eigenvalue weighted by Crippen LogP contribution is 2.33. The van der Waals surface area contributed by atoms with E-state index in [1.807, 2.05) is 13.8 Å². The minimum atomic E-state index is -2.88. The molecule has 1 aliphatic heterocycles. The lowest BCUT2D eigenvalue weighted by molar-refractivity contribution is -0.130. The molecule has 0 spiro atoms. The summed E-state index contributed by atoms with van der Waals surface area (Å²) in [5.41, 5.74) is 0.562. The van der Waals surface area contributed by atoms with Crippen LogP contribution in [0, 0.1) is 0 Å². The zero-order valence-corrected chi connectivity index (χ0v) is 12.2. The van der Waals surface area contributed by atoms with Gasteiger partial charge in [-0.05, 0) is 19.4 Å². The number of hydrogen-bond acceptors (Lipinski definition) is 3. The molecule has 1 aromatic rings. The summed E-state index contributed by atoms with van der Waals surface area (Å²) in [5, 5.41) is 3.22. The van der Waals surface area contributed by atoms with Crippen molar-refractivity contribution in [1.29, 1.82) is 0 Å². The second-order valence-electron chi connectivity index (χ2n) is 4.95. The van der Waals surface area contributed by atoms with E-state index in [-0.39, 0.29) is 17.7 Å². The average Bonchev–Trinajstić information content (AvgIpc) is 2.76. The fraction of sp³-hybridized carbons (Fsp3) is 0.533. The molecule has 0 saturated carbocycles. The molecule has 0 radical (unpaired) electrons. The Morgan fingerprint density at radius 1 is 1.33 bits per heavy atom. The smallest absolute Gasteiger partial charge is 0.387 e. The molecule has 1 saturated heterocycles. The lowest BCUT2D eigenvalue weighted by Crippen LogP contribution is -2.31. The predicted octanol–water partition coefficient (Wildman–Crippen LogP) is 2.91. The first-order valence-electron chi connectivity index (χ1n) is 7.18. The van der Waals surface area contributed by atoms with Gasteiger partial charge in [0.1, 0.15) is 11.9 Å². The van der Waals surface area contributed by atoms with Crippen molar-refractivity contribution in [3.05, 3.63) is 29.8 Å². The molecular weight excluding hydrogens is 278 g/mol. The number of amides is 1. The summed E-state index contributed by atoms with van der Waals surface area (Å²) >= 11 is 0. The molecular formula is C15H20F2N2O2. The van der Waals surface area contributed by atoms with Gasteiger partial charge in [0.05, 0.1) is 6.04 Å². The van der Waals surface area contributed by atoms with Crippen LogP contribution in [0.5, 0.6) is 5.75 Å². The topological polar surface area (TPSA) is 41.6 Å². The minimum absolute atomic E-state index is 0.0104. The molecule has 2 atom stereocenters. The first-order chi connectivity index (χ1) is 10.1. The van der Waals surface area contributed by atoms with Gasteiger partial charge in [0.2, 0.25) is 5.91 Å². The van der Waals surface area contributed by atoms with Crippen LogP contribution >= 0.6 is 0 Å². The zero-order valence-electron chi connectivity index (χ0n) is 12.2. The highest BCUT2D eigenvalue weighted by Gasteiger charge is 2.39. The van der Waals surface area contributed by atoms with Gasteiger partial charge < -0.3 is 9.64 Å². The van der Waals surface area contributed by atoms with Gasteiger partial charge in [-0.25, -0.2) is 0 Å². The Labute approximate surface area is 123 Å². The Morgan fingerprint density at radius 2 is 2.05 bits per heavy atom. The highest BCUT2D eigenvalue weighted by atomic mass is 19.3. The molecule has 1 N–H and O–H groups in total. The molecule has 1 aromatic carbocycles. The van der Waals surface area contributed by atoms with Crippen molar-refractivity contribution in [1.82, 2.24) is 10.2 Å². The second kappa shape index (κ2) is 6.85. The van der Waals surface area contributed by atoms with E-state index in [0.717, 1.165) is 12.8 Å². The largest absolute Gasteiger partial charge is 0.434 e. The monoisotopic (exact) mass is 298 g/mol. The van der Waals surface area contributed by atoms with Crippen molar-refractivity contribution >= 4 is 5.91 Å². The van der Waals surface area contributed by atoms with Crippen molar-refractivity contribution in [3.63, 3.8) is 0 Å². The van der Waals surface area contributed by atoms with Crippen LogP contribution in [0.4, 0.5) is 8.78 Å². The Hall–Kier alpha value is -1.69. The fourth-order valence-electron chi connectivity index (χ4n) is 2.68. The summed E-state index contributed by atoms with van der Waals surface area (Å²) in [6, 6.07) is 6.33. The molecule has 0 aromatic heterocycles. The molecule has 2 unspecified atom stereocenters. The van der Waals surface area contributed by atoms with Gasteiger partial charge in [0.15, 0.2) is 0 Å². The third-order valence-corrected chi connectivity index (χ3v) is 3.60. The van der Waals surface area contributed by atoms with E-state index < -0.39 is 12.8 Å². The van der Waals surface area contributed by atoms with Gasteiger partial charge in [-0.3, -0.25) is 10.1 Å². The van der Waals surface area contributed by atoms with Gasteiger partial charge in [-0.15, -0.1) is 0 Å². The van der Waals surface area contributed by atoms with Crippen LogP contribution in [0.25, 0.3) is 0 Å². The van der Waals surface area contributed by atoms with Gasteiger partial charge in [0, 0.05) is 12.1 Å². The SMILES string of the molecule is CCCC1NC(c2ccccc2OC(F)F)N(CC)C1=O. The molecule has 4 nitrogen and oxygen atoms in total. The number of para-hydroxylation sites is 1. The number of ether oxygens (including phenoxy) is 1. The third-order valence-electron chi connectivity index (χ3n) is 3.60. The summed E-state index contributed by atoms with van der Waals surface area (Å²) in [6.45, 7) is 1.51. The van der Waals surface area contributed by atoms with E-state index in [1.54, 1.807) is 23.1 Å². The van der Waals surface area contributed by atoms with E-state index in [2.05, 4.69) is 10.1 Å². The molecule has 2 rings (SSSR count). The summed E-state index contributed by atoms with van der Waals surface area (Å²) in [5.74, 6) is 0.115. The number of rotatable bonds is 6. The van der Waals surface area contributed by atoms with Crippen molar-refractivity contribution < 1.29 is 18.3 Å². The van der Waals surface area contributed by atoms with Crippen molar-refractivity contribution in [2.75, 3.05) is 6.54 Å². The third kappa shape index (κ3) is 3.32. The van der Waals surface area contributed by atoms with Gasteiger partial charge in [-0.2, -0.15) is 8.78 Å². The maximum atomic E-state index is 12.5. The van der Waals surface area contributed by atoms with Crippen LogP contribution in [-0.2, 0) is 4.79 Å². The van der Waals surface area contributed by atoms with Crippen molar-refractivity contribution in [2.45, 2.75) is 45.5 Å². The molecule has 6 heteroatoms. The van der Waals surface area contributed by atoms with E-state index in [0.29, 0.717) is 12.1 Å². The summed E-state index contributed by atoms with van der Waals surface area (Å²) in [7, 11) is 0. The van der Waals surface area contributed by atoms with Crippen molar-refractivity contribution in [2.24, 2.45) is 0 Å². The summed E-state index contributed by atoms with van der Waals surface area (Å²) in [6.07, 6.45) is 1.18. The van der Waals surface area contributed by atoms with Crippen molar-refractivity contribution in [3.8, 4) is 5.75 Å². The number of benzene rings is 1. The molecule has 1 heterocycles. The highest BCUT2D eigenvalue weighted by molar-refractivity contribution is 5.84. The number of likely N-dealkylation sites (N-methyl/N-ethyl adjacent to an activating group) is 1. The quantitative estimate of drug-likeness (QED) is 0.878. The molecule has 0 aliphatic carbocycles. The fourth-order valence-corrected chi connectivity index (χ4v) is 2.68. The lowest BCUT2D eigenvalue weighted by atomic mass is 10.1. The minimum Gasteiger partial charge on any atom is -0.434 e. The number of nitrogens with zero attached hydrogens (tertiary/aromatic N) is 1. The van der Waals surface area contributed by atoms with Gasteiger partial charge in [0.25, 0.3) is 0 Å². The lowest BCUT2D eigenvalue weighted by Gasteiger charge is -2.24. The Morgan fingerprint density at radius 3 is 2.67 bits per heavy atom. The number of hydrogen-bond donors (Lipinski definition) is 1. The summed E-state index contributed by atoms with van der Waals surface area (Å²) < 4.78 is 29.6. The predicted molar refractivity (Wildman–Crippen MR) is 75.0 cm³/mol. The van der Waals surface area contributed by atoms with E-state index >= 15 is 0 Å². The van der Waals surface area contributed by atoms with Gasteiger partial charge in [-0.1, -0.05) is 31.5 Å². The number of nitrogens with one attached hydrogen (secondary N) is 1. The normalized spacial score (nSPS) is 22.1. The van der Waals surface area contributed by atoms with Crippen LogP contribution < -0.4 is 10.1 Å². The second-order valence-corrected chi connectivity index (χ2v) is 4.95. The zero-order chi connectivity index (χ0) is 15.4. The maximum Gasteiger partial charge on any atom is 0.387 e. The molecule has 116 valence electrons. The molecule has 21 heavy (non-hydrogen) atoms. The molecule has 1 fully saturated rings. The van der Waals surface area contributed by atoms with Crippen LogP contribution in [0.15, 0.2) is 24.3 Å². The molecule has 1 amide bonds. The standard InChI is InChI=1S/C15H20F2N2O2/c1-3-7-11-14(20)19(4-2)13(18-11)10-8-5-6-9-12(10)21-15(16)17/h5-6,8-9,11,13,15,18H,3-4,7H2,1-2H3. The number of alkyl halides is 2. The first-order valence-corrected chi connectivity index (χ1v) is 7.18.